The van der Waals surface area contributed by atoms with Crippen LogP contribution in [0, 0.1) is 0 Å². The molecule has 0 spiro atoms. The molecular formula is C7H15IO2S. The molecule has 0 amide bonds. The molecule has 0 aromatic rings. The van der Waals surface area contributed by atoms with Gasteiger partial charge < -0.3 is 8.92 Å². The third-order valence-electron chi connectivity index (χ3n) is 1.37. The van der Waals surface area contributed by atoms with Crippen molar-refractivity contribution in [1.82, 2.24) is 0 Å². The van der Waals surface area contributed by atoms with Gasteiger partial charge in [-0.25, -0.2) is 0 Å². The van der Waals surface area contributed by atoms with Gasteiger partial charge in [-0.05, 0) is 20.8 Å². The molecular weight excluding hydrogens is 275 g/mol. The van der Waals surface area contributed by atoms with Crippen LogP contribution in [0.4, 0.5) is 0 Å². The summed E-state index contributed by atoms with van der Waals surface area (Å²) in [6.45, 7) is 7.69. The van der Waals surface area contributed by atoms with Crippen molar-refractivity contribution in [2.75, 3.05) is 13.2 Å². The molecule has 0 aliphatic heterocycles. The Kier molecular flexibility index (Phi) is 7.10. The Labute approximate surface area is 85.2 Å². The van der Waals surface area contributed by atoms with Crippen molar-refractivity contribution < 1.29 is 8.92 Å². The summed E-state index contributed by atoms with van der Waals surface area (Å²) in [5.41, 5.74) is -0.0406. The summed E-state index contributed by atoms with van der Waals surface area (Å²) in [5, 5.41) is 0. The maximum atomic E-state index is 5.48. The smallest absolute Gasteiger partial charge is 0.0650 e. The van der Waals surface area contributed by atoms with Crippen molar-refractivity contribution in [3.63, 3.8) is 0 Å². The van der Waals surface area contributed by atoms with Crippen molar-refractivity contribution in [3.05, 3.63) is 0 Å². The minimum absolute atomic E-state index is 0.0406. The quantitative estimate of drug-likeness (QED) is 0.425. The van der Waals surface area contributed by atoms with E-state index in [-0.39, 0.29) is 5.60 Å². The Morgan fingerprint density at radius 3 is 2.55 bits per heavy atom. The van der Waals surface area contributed by atoms with Crippen LogP contribution in [0.15, 0.2) is 0 Å². The summed E-state index contributed by atoms with van der Waals surface area (Å²) in [6.07, 6.45) is 0.941. The van der Waals surface area contributed by atoms with Crippen LogP contribution >= 0.6 is 30.4 Å². The summed E-state index contributed by atoms with van der Waals surface area (Å²) in [5.74, 6) is 0. The summed E-state index contributed by atoms with van der Waals surface area (Å²) in [4.78, 5) is 0. The monoisotopic (exact) mass is 290 g/mol. The fourth-order valence-corrected chi connectivity index (χ4v) is 1.47. The lowest BCUT2D eigenvalue weighted by atomic mass is 10.1. The minimum Gasteiger partial charge on any atom is -0.376 e. The molecule has 0 aliphatic rings. The second-order valence-electron chi connectivity index (χ2n) is 2.83. The highest BCUT2D eigenvalue weighted by molar-refractivity contribution is 14.2. The van der Waals surface area contributed by atoms with Crippen LogP contribution in [0.25, 0.3) is 0 Å². The van der Waals surface area contributed by atoms with E-state index in [1.54, 1.807) is 0 Å². The molecule has 11 heavy (non-hydrogen) atoms. The molecule has 0 aromatic heterocycles. The predicted molar refractivity (Wildman–Crippen MR) is 57.9 cm³/mol. The lowest BCUT2D eigenvalue weighted by molar-refractivity contribution is -0.0224. The van der Waals surface area contributed by atoms with Gasteiger partial charge in [0, 0.05) is 34.2 Å². The van der Waals surface area contributed by atoms with E-state index >= 15 is 0 Å². The highest BCUT2D eigenvalue weighted by Crippen LogP contribution is 2.18. The maximum Gasteiger partial charge on any atom is 0.0650 e. The first-order chi connectivity index (χ1) is 5.12. The van der Waals surface area contributed by atoms with Gasteiger partial charge in [0.25, 0.3) is 0 Å². The van der Waals surface area contributed by atoms with Crippen LogP contribution in [0.5, 0.6) is 0 Å². The summed E-state index contributed by atoms with van der Waals surface area (Å²) >= 11 is 2.11. The van der Waals surface area contributed by atoms with E-state index in [1.165, 1.54) is 9.21 Å². The highest BCUT2D eigenvalue weighted by Gasteiger charge is 2.16. The molecule has 2 nitrogen and oxygen atoms in total. The molecule has 68 valence electrons. The predicted octanol–water partition coefficient (Wildman–Crippen LogP) is 3.21. The largest absolute Gasteiger partial charge is 0.376 e. The second-order valence-corrected chi connectivity index (χ2v) is 4.27. The van der Waals surface area contributed by atoms with E-state index in [0.717, 1.165) is 19.6 Å². The van der Waals surface area contributed by atoms with Gasteiger partial charge in [0.1, 0.15) is 0 Å². The standard InChI is InChI=1S/C7H15IO2S/c1-4-9-7(2,3)5-6-10-11-8/h4-6H2,1-3H3. The summed E-state index contributed by atoms with van der Waals surface area (Å²) in [6, 6.07) is 0. The molecule has 4 heteroatoms. The van der Waals surface area contributed by atoms with Gasteiger partial charge in [0.2, 0.25) is 0 Å². The molecule has 0 bridgehead atoms. The van der Waals surface area contributed by atoms with Crippen LogP contribution in [0.2, 0.25) is 0 Å². The number of rotatable bonds is 6. The van der Waals surface area contributed by atoms with Crippen molar-refractivity contribution in [3.8, 4) is 0 Å². The first-order valence-corrected chi connectivity index (χ1v) is 6.95. The molecule has 0 saturated carbocycles. The number of ether oxygens (including phenoxy) is 1. The Hall–Kier alpha value is 1.00. The van der Waals surface area contributed by atoms with Crippen LogP contribution in [-0.4, -0.2) is 18.8 Å². The van der Waals surface area contributed by atoms with E-state index in [2.05, 4.69) is 35.1 Å². The van der Waals surface area contributed by atoms with Gasteiger partial charge in [-0.15, -0.1) is 0 Å². The lowest BCUT2D eigenvalue weighted by Gasteiger charge is -2.23. The van der Waals surface area contributed by atoms with E-state index in [4.69, 9.17) is 8.92 Å². The topological polar surface area (TPSA) is 18.5 Å². The van der Waals surface area contributed by atoms with Crippen molar-refractivity contribution in [1.29, 1.82) is 0 Å². The molecule has 0 saturated heterocycles. The van der Waals surface area contributed by atoms with Crippen molar-refractivity contribution >= 4 is 30.4 Å². The zero-order valence-corrected chi connectivity index (χ0v) is 10.2. The Balaban J connectivity index is 3.38. The fourth-order valence-electron chi connectivity index (χ4n) is 0.782. The number of halogens is 1. The first kappa shape index (κ1) is 12.0. The van der Waals surface area contributed by atoms with Crippen molar-refractivity contribution in [2.45, 2.75) is 32.8 Å². The van der Waals surface area contributed by atoms with E-state index in [9.17, 15) is 0 Å². The molecule has 0 aliphatic carbocycles. The zero-order valence-electron chi connectivity index (χ0n) is 7.22. The fraction of sp³-hybridized carbons (Fsp3) is 1.00. The second kappa shape index (κ2) is 6.51. The van der Waals surface area contributed by atoms with Crippen LogP contribution in [0.3, 0.4) is 0 Å². The molecule has 0 rings (SSSR count). The van der Waals surface area contributed by atoms with Crippen molar-refractivity contribution in [2.24, 2.45) is 0 Å². The first-order valence-electron chi connectivity index (χ1n) is 3.66. The average Bonchev–Trinajstić information content (AvgIpc) is 1.87. The molecule has 0 N–H and O–H groups in total. The van der Waals surface area contributed by atoms with Crippen LogP contribution in [0.1, 0.15) is 27.2 Å². The average molecular weight is 290 g/mol. The van der Waals surface area contributed by atoms with E-state index in [0.29, 0.717) is 0 Å². The summed E-state index contributed by atoms with van der Waals surface area (Å²) < 4.78 is 10.6. The molecule has 0 heterocycles. The molecule has 0 fully saturated rings. The number of hydrogen-bond donors (Lipinski definition) is 0. The lowest BCUT2D eigenvalue weighted by Crippen LogP contribution is -2.25. The Bertz CT molecular complexity index is 98.4. The third-order valence-corrected chi connectivity index (χ3v) is 2.39. The third kappa shape index (κ3) is 7.36. The summed E-state index contributed by atoms with van der Waals surface area (Å²) in [7, 11) is 1.37. The molecule has 0 atom stereocenters. The Morgan fingerprint density at radius 2 is 2.09 bits per heavy atom. The van der Waals surface area contributed by atoms with Gasteiger partial charge in [-0.2, -0.15) is 0 Å². The van der Waals surface area contributed by atoms with Gasteiger partial charge >= 0.3 is 0 Å². The SMILES string of the molecule is CCOC(C)(C)CCOSI. The van der Waals surface area contributed by atoms with Gasteiger partial charge in [0.15, 0.2) is 0 Å². The number of hydrogen-bond acceptors (Lipinski definition) is 3. The highest BCUT2D eigenvalue weighted by atomic mass is 127. The van der Waals surface area contributed by atoms with Gasteiger partial charge in [-0.3, -0.25) is 0 Å². The van der Waals surface area contributed by atoms with Crippen LogP contribution < -0.4 is 0 Å². The minimum atomic E-state index is -0.0406. The Morgan fingerprint density at radius 1 is 1.45 bits per heavy atom. The zero-order chi connectivity index (χ0) is 8.74. The molecule has 0 aromatic carbocycles. The normalized spacial score (nSPS) is 12.0. The van der Waals surface area contributed by atoms with E-state index in [1.807, 2.05) is 6.92 Å². The van der Waals surface area contributed by atoms with E-state index < -0.39 is 0 Å². The van der Waals surface area contributed by atoms with Crippen LogP contribution in [-0.2, 0) is 8.92 Å². The maximum absolute atomic E-state index is 5.48. The molecule has 0 unspecified atom stereocenters. The van der Waals surface area contributed by atoms with Gasteiger partial charge in [-0.1, -0.05) is 0 Å². The van der Waals surface area contributed by atoms with Gasteiger partial charge in [0.05, 0.1) is 21.4 Å². The molecule has 0 radical (unpaired) electrons.